The molecule has 3 rings (SSSR count). The van der Waals surface area contributed by atoms with E-state index in [1.807, 2.05) is 18.7 Å². The molecular formula is C21H31N5O2S2. The minimum absolute atomic E-state index is 0.312. The van der Waals surface area contributed by atoms with Crippen LogP contribution in [0.5, 0.6) is 0 Å². The lowest BCUT2D eigenvalue weighted by atomic mass is 10.1. The van der Waals surface area contributed by atoms with E-state index in [4.69, 9.17) is 17.0 Å². The van der Waals surface area contributed by atoms with Crippen LogP contribution < -0.4 is 5.32 Å². The summed E-state index contributed by atoms with van der Waals surface area (Å²) < 4.78 is 6.96. The van der Waals surface area contributed by atoms with Crippen molar-refractivity contribution in [2.45, 2.75) is 40.7 Å². The molecule has 0 aromatic carbocycles. The van der Waals surface area contributed by atoms with Crippen LogP contribution in [0.25, 0.3) is 0 Å². The highest BCUT2D eigenvalue weighted by Gasteiger charge is 2.25. The normalized spacial score (nSPS) is 14.8. The number of methoxy groups -OCH3 is 1. The summed E-state index contributed by atoms with van der Waals surface area (Å²) in [4.78, 5) is 18.1. The third-order valence-corrected chi connectivity index (χ3v) is 7.30. The first kappa shape index (κ1) is 22.7. The van der Waals surface area contributed by atoms with Gasteiger partial charge in [-0.3, -0.25) is 9.58 Å². The van der Waals surface area contributed by atoms with Crippen LogP contribution in [0.15, 0.2) is 0 Å². The smallest absolute Gasteiger partial charge is 0.341 e. The number of anilines is 1. The van der Waals surface area contributed by atoms with Gasteiger partial charge in [-0.15, -0.1) is 11.3 Å². The Balaban J connectivity index is 1.63. The van der Waals surface area contributed by atoms with Gasteiger partial charge in [0.05, 0.1) is 18.4 Å². The number of hydrogen-bond donors (Lipinski definition) is 1. The van der Waals surface area contributed by atoms with Gasteiger partial charge in [0.25, 0.3) is 0 Å². The van der Waals surface area contributed by atoms with Crippen molar-refractivity contribution >= 4 is 39.6 Å². The van der Waals surface area contributed by atoms with Crippen molar-refractivity contribution < 1.29 is 9.53 Å². The fourth-order valence-corrected chi connectivity index (χ4v) is 5.45. The molecule has 0 bridgehead atoms. The highest BCUT2D eigenvalue weighted by Crippen LogP contribution is 2.34. The van der Waals surface area contributed by atoms with E-state index in [1.54, 1.807) is 11.3 Å². The lowest BCUT2D eigenvalue weighted by molar-refractivity contribution is 0.0601. The number of nitrogens with one attached hydrogen (secondary N) is 1. The SMILES string of the molecule is CCc1c(C)sc(NC(=S)N2CCN(Cc3c(C)nn(C)c3C)CC2)c1C(=O)OC. The molecule has 7 nitrogen and oxygen atoms in total. The van der Waals surface area contributed by atoms with Crippen LogP contribution in [0.3, 0.4) is 0 Å². The summed E-state index contributed by atoms with van der Waals surface area (Å²) in [5.41, 5.74) is 5.29. The number of thiophene rings is 1. The molecule has 9 heteroatoms. The molecule has 164 valence electrons. The first-order valence-corrected chi connectivity index (χ1v) is 11.5. The molecule has 1 aliphatic heterocycles. The summed E-state index contributed by atoms with van der Waals surface area (Å²) in [5, 5.41) is 9.29. The summed E-state index contributed by atoms with van der Waals surface area (Å²) in [6, 6.07) is 0. The van der Waals surface area contributed by atoms with Gasteiger partial charge < -0.3 is 15.0 Å². The molecule has 0 atom stereocenters. The van der Waals surface area contributed by atoms with Crippen molar-refractivity contribution in [3.8, 4) is 0 Å². The quantitative estimate of drug-likeness (QED) is 0.555. The van der Waals surface area contributed by atoms with Gasteiger partial charge in [0, 0.05) is 55.9 Å². The molecule has 0 aliphatic carbocycles. The molecule has 2 aromatic heterocycles. The van der Waals surface area contributed by atoms with E-state index in [9.17, 15) is 4.79 Å². The Morgan fingerprint density at radius 2 is 1.87 bits per heavy atom. The number of esters is 1. The van der Waals surface area contributed by atoms with Crippen LogP contribution >= 0.6 is 23.6 Å². The maximum Gasteiger partial charge on any atom is 0.341 e. The van der Waals surface area contributed by atoms with Gasteiger partial charge in [-0.25, -0.2) is 4.79 Å². The van der Waals surface area contributed by atoms with Gasteiger partial charge in [0.1, 0.15) is 5.00 Å². The topological polar surface area (TPSA) is 62.6 Å². The average Bonchev–Trinajstić information content (AvgIpc) is 3.17. The molecule has 1 N–H and O–H groups in total. The molecule has 3 heterocycles. The number of hydrogen-bond acceptors (Lipinski definition) is 6. The van der Waals surface area contributed by atoms with Crippen molar-refractivity contribution in [3.63, 3.8) is 0 Å². The maximum absolute atomic E-state index is 12.3. The first-order chi connectivity index (χ1) is 14.3. The number of piperazine rings is 1. The zero-order valence-corrected chi connectivity index (χ0v) is 20.3. The van der Waals surface area contributed by atoms with Crippen LogP contribution in [0, 0.1) is 20.8 Å². The second-order valence-corrected chi connectivity index (χ2v) is 9.26. The zero-order valence-electron chi connectivity index (χ0n) is 18.7. The molecule has 0 radical (unpaired) electrons. The number of carbonyl (C=O) groups is 1. The standard InChI is InChI=1S/C21H31N5O2S2/c1-7-16-15(4)30-19(18(16)20(27)28-6)22-21(29)26-10-8-25(9-11-26)12-17-13(2)23-24(5)14(17)3/h7-12H2,1-6H3,(H,22,29). The predicted octanol–water partition coefficient (Wildman–Crippen LogP) is 3.27. The number of aromatic nitrogens is 2. The van der Waals surface area contributed by atoms with E-state index in [1.165, 1.54) is 18.4 Å². The van der Waals surface area contributed by atoms with Crippen LogP contribution in [0.4, 0.5) is 5.00 Å². The van der Waals surface area contributed by atoms with E-state index in [0.29, 0.717) is 10.7 Å². The molecule has 1 aliphatic rings. The summed E-state index contributed by atoms with van der Waals surface area (Å²) >= 11 is 7.24. The first-order valence-electron chi connectivity index (χ1n) is 10.2. The van der Waals surface area contributed by atoms with Crippen LogP contribution in [0.1, 0.15) is 44.7 Å². The molecule has 1 saturated heterocycles. The average molecular weight is 450 g/mol. The number of ether oxygens (including phenoxy) is 1. The highest BCUT2D eigenvalue weighted by atomic mass is 32.1. The molecule has 30 heavy (non-hydrogen) atoms. The second kappa shape index (κ2) is 9.45. The Labute approximate surface area is 188 Å². The van der Waals surface area contributed by atoms with E-state index >= 15 is 0 Å². The van der Waals surface area contributed by atoms with E-state index in [2.05, 4.69) is 41.0 Å². The van der Waals surface area contributed by atoms with E-state index in [0.717, 1.165) is 60.3 Å². The van der Waals surface area contributed by atoms with Gasteiger partial charge in [0.2, 0.25) is 0 Å². The van der Waals surface area contributed by atoms with Crippen molar-refractivity contribution in [2.75, 3.05) is 38.6 Å². The minimum Gasteiger partial charge on any atom is -0.465 e. The van der Waals surface area contributed by atoms with Crippen molar-refractivity contribution in [1.29, 1.82) is 0 Å². The lowest BCUT2D eigenvalue weighted by Gasteiger charge is -2.36. The van der Waals surface area contributed by atoms with Gasteiger partial charge in [-0.05, 0) is 45.0 Å². The minimum atomic E-state index is -0.312. The third kappa shape index (κ3) is 4.53. The van der Waals surface area contributed by atoms with Crippen molar-refractivity contribution in [1.82, 2.24) is 19.6 Å². The molecule has 0 saturated carbocycles. The van der Waals surface area contributed by atoms with Crippen LogP contribution in [-0.4, -0.2) is 64.0 Å². The van der Waals surface area contributed by atoms with Crippen molar-refractivity contribution in [2.24, 2.45) is 7.05 Å². The monoisotopic (exact) mass is 449 g/mol. The highest BCUT2D eigenvalue weighted by molar-refractivity contribution is 7.80. The van der Waals surface area contributed by atoms with Gasteiger partial charge >= 0.3 is 5.97 Å². The Morgan fingerprint density at radius 3 is 2.40 bits per heavy atom. The molecule has 0 unspecified atom stereocenters. The number of aryl methyl sites for hydroxylation is 3. The van der Waals surface area contributed by atoms with Gasteiger partial charge in [-0.1, -0.05) is 6.92 Å². The van der Waals surface area contributed by atoms with Crippen LogP contribution in [-0.2, 0) is 24.8 Å². The third-order valence-electron chi connectivity index (χ3n) is 5.87. The predicted molar refractivity (Wildman–Crippen MR) is 126 cm³/mol. The van der Waals surface area contributed by atoms with Gasteiger partial charge in [0.15, 0.2) is 5.11 Å². The van der Waals surface area contributed by atoms with Crippen LogP contribution in [0.2, 0.25) is 0 Å². The molecule has 1 fully saturated rings. The fourth-order valence-electron chi connectivity index (χ4n) is 3.97. The van der Waals surface area contributed by atoms with E-state index in [-0.39, 0.29) is 5.97 Å². The van der Waals surface area contributed by atoms with Gasteiger partial charge in [-0.2, -0.15) is 5.10 Å². The molecular weight excluding hydrogens is 418 g/mol. The summed E-state index contributed by atoms with van der Waals surface area (Å²) in [6.45, 7) is 12.8. The Bertz CT molecular complexity index is 942. The fraction of sp³-hybridized carbons (Fsp3) is 0.571. The number of thiocarbonyl (C=S) groups is 1. The lowest BCUT2D eigenvalue weighted by Crippen LogP contribution is -2.49. The summed E-state index contributed by atoms with van der Waals surface area (Å²) in [6.07, 6.45) is 0.785. The number of rotatable bonds is 5. The Morgan fingerprint density at radius 1 is 1.20 bits per heavy atom. The molecule has 0 amide bonds. The zero-order chi connectivity index (χ0) is 22.0. The number of nitrogens with zero attached hydrogens (tertiary/aromatic N) is 4. The maximum atomic E-state index is 12.3. The molecule has 2 aromatic rings. The Kier molecular flexibility index (Phi) is 7.15. The molecule has 0 spiro atoms. The summed E-state index contributed by atoms with van der Waals surface area (Å²) in [5.74, 6) is -0.312. The Hall–Kier alpha value is -1.97. The van der Waals surface area contributed by atoms with E-state index < -0.39 is 0 Å². The second-order valence-electron chi connectivity index (χ2n) is 7.65. The van der Waals surface area contributed by atoms with Crippen molar-refractivity contribution in [3.05, 3.63) is 33.0 Å². The largest absolute Gasteiger partial charge is 0.465 e. The summed E-state index contributed by atoms with van der Waals surface area (Å²) in [7, 11) is 3.41. The number of carbonyl (C=O) groups excluding carboxylic acids is 1.